The van der Waals surface area contributed by atoms with Gasteiger partial charge in [0.15, 0.2) is 0 Å². The maximum absolute atomic E-state index is 13.4. The molecule has 3 saturated carbocycles. The van der Waals surface area contributed by atoms with Gasteiger partial charge < -0.3 is 10.6 Å². The summed E-state index contributed by atoms with van der Waals surface area (Å²) < 4.78 is 13.4. The number of nitrogens with two attached hydrogens (primary N) is 1. The van der Waals surface area contributed by atoms with E-state index in [1.54, 1.807) is 12.1 Å². The summed E-state index contributed by atoms with van der Waals surface area (Å²) in [6.45, 7) is 0.710. The minimum absolute atomic E-state index is 0.0190. The second kappa shape index (κ2) is 5.40. The molecule has 26 heavy (non-hydrogen) atoms. The van der Waals surface area contributed by atoms with Crippen molar-refractivity contribution in [1.82, 2.24) is 4.90 Å². The maximum atomic E-state index is 13.4. The number of fused-ring (bicyclic) bond motifs is 1. The third-order valence-corrected chi connectivity index (χ3v) is 6.50. The van der Waals surface area contributed by atoms with E-state index in [9.17, 15) is 9.18 Å². The van der Waals surface area contributed by atoms with Crippen LogP contribution in [0.3, 0.4) is 0 Å². The van der Waals surface area contributed by atoms with Gasteiger partial charge in [0, 0.05) is 18.5 Å². The van der Waals surface area contributed by atoms with Gasteiger partial charge >= 0.3 is 0 Å². The molecule has 0 aromatic heterocycles. The SMILES string of the molecule is NC12CC(CC(=O)N3CCc4ccccc4[C@@H]3c3ccc(F)cc3)(C1)C2. The van der Waals surface area contributed by atoms with Crippen molar-refractivity contribution in [1.29, 1.82) is 0 Å². The van der Waals surface area contributed by atoms with Gasteiger partial charge in [0.25, 0.3) is 0 Å². The number of halogens is 1. The lowest BCUT2D eigenvalue weighted by Gasteiger charge is -2.69. The average molecular weight is 350 g/mol. The first-order chi connectivity index (χ1) is 12.5. The van der Waals surface area contributed by atoms with Crippen LogP contribution in [-0.4, -0.2) is 22.9 Å². The van der Waals surface area contributed by atoms with Crippen molar-refractivity contribution in [2.75, 3.05) is 6.54 Å². The molecule has 1 amide bonds. The van der Waals surface area contributed by atoms with Gasteiger partial charge in [0.05, 0.1) is 6.04 Å². The van der Waals surface area contributed by atoms with Gasteiger partial charge in [-0.1, -0.05) is 36.4 Å². The molecular formula is C22H23FN2O. The highest BCUT2D eigenvalue weighted by Crippen LogP contribution is 2.67. The molecule has 3 nitrogen and oxygen atoms in total. The standard InChI is InChI=1S/C22H23FN2O/c23-17-7-5-16(6-8-17)20-18-4-2-1-3-15(18)9-10-25(20)19(26)11-21-12-22(24,13-21)14-21/h1-8,20H,9-14,24H2/t20-,21?,22?/m0/s1. The predicted molar refractivity (Wildman–Crippen MR) is 97.9 cm³/mol. The molecule has 0 unspecified atom stereocenters. The van der Waals surface area contributed by atoms with Gasteiger partial charge in [-0.3, -0.25) is 4.79 Å². The van der Waals surface area contributed by atoms with E-state index in [1.807, 2.05) is 17.0 Å². The van der Waals surface area contributed by atoms with E-state index < -0.39 is 0 Å². The Labute approximate surface area is 153 Å². The lowest BCUT2D eigenvalue weighted by molar-refractivity contribution is -0.162. The highest BCUT2D eigenvalue weighted by molar-refractivity contribution is 5.79. The van der Waals surface area contributed by atoms with Crippen LogP contribution in [0.5, 0.6) is 0 Å². The van der Waals surface area contributed by atoms with Crippen molar-refractivity contribution < 1.29 is 9.18 Å². The number of hydrogen-bond acceptors (Lipinski definition) is 2. The number of rotatable bonds is 3. The van der Waals surface area contributed by atoms with Gasteiger partial charge in [0.1, 0.15) is 5.82 Å². The Hall–Kier alpha value is -2.20. The largest absolute Gasteiger partial charge is 0.331 e. The normalized spacial score (nSPS) is 31.6. The van der Waals surface area contributed by atoms with Crippen LogP contribution in [0, 0.1) is 11.2 Å². The van der Waals surface area contributed by atoms with Gasteiger partial charge in [-0.15, -0.1) is 0 Å². The smallest absolute Gasteiger partial charge is 0.223 e. The lowest BCUT2D eigenvalue weighted by Crippen LogP contribution is -2.72. The van der Waals surface area contributed by atoms with E-state index in [2.05, 4.69) is 12.1 Å². The third-order valence-electron chi connectivity index (χ3n) is 6.50. The summed E-state index contributed by atoms with van der Waals surface area (Å²) in [6.07, 6.45) is 4.41. The first-order valence-electron chi connectivity index (χ1n) is 9.39. The Morgan fingerprint density at radius 2 is 1.81 bits per heavy atom. The van der Waals surface area contributed by atoms with Crippen LogP contribution in [0.25, 0.3) is 0 Å². The zero-order valence-corrected chi connectivity index (χ0v) is 14.7. The van der Waals surface area contributed by atoms with Crippen LogP contribution < -0.4 is 5.73 Å². The van der Waals surface area contributed by atoms with E-state index in [-0.39, 0.29) is 28.7 Å². The fraction of sp³-hybridized carbons (Fsp3) is 0.409. The molecule has 3 aliphatic carbocycles. The summed E-state index contributed by atoms with van der Waals surface area (Å²) >= 11 is 0. The lowest BCUT2D eigenvalue weighted by atomic mass is 9.39. The van der Waals surface area contributed by atoms with Gasteiger partial charge in [-0.2, -0.15) is 0 Å². The zero-order valence-electron chi connectivity index (χ0n) is 14.7. The monoisotopic (exact) mass is 350 g/mol. The topological polar surface area (TPSA) is 46.3 Å². The van der Waals surface area contributed by atoms with Crippen LogP contribution in [0.1, 0.15) is 48.4 Å². The molecule has 0 spiro atoms. The molecule has 2 N–H and O–H groups in total. The van der Waals surface area contributed by atoms with E-state index in [1.165, 1.54) is 17.7 Å². The van der Waals surface area contributed by atoms with Crippen LogP contribution >= 0.6 is 0 Å². The molecule has 1 heterocycles. The molecule has 1 atom stereocenters. The summed E-state index contributed by atoms with van der Waals surface area (Å²) in [4.78, 5) is 15.2. The highest BCUT2D eigenvalue weighted by atomic mass is 19.1. The van der Waals surface area contributed by atoms with E-state index in [0.717, 1.165) is 36.8 Å². The summed E-state index contributed by atoms with van der Waals surface area (Å²) in [7, 11) is 0. The molecule has 6 rings (SSSR count). The quantitative estimate of drug-likeness (QED) is 0.920. The number of carbonyl (C=O) groups excluding carboxylic acids is 1. The van der Waals surface area contributed by atoms with Crippen molar-refractivity contribution in [2.45, 2.75) is 43.7 Å². The van der Waals surface area contributed by atoms with Crippen LogP contribution in [0.15, 0.2) is 48.5 Å². The van der Waals surface area contributed by atoms with Crippen molar-refractivity contribution in [3.8, 4) is 0 Å². The van der Waals surface area contributed by atoms with Gasteiger partial charge in [-0.05, 0) is 59.9 Å². The molecule has 2 bridgehead atoms. The average Bonchev–Trinajstić information content (AvgIpc) is 2.59. The highest BCUT2D eigenvalue weighted by Gasteiger charge is 2.66. The van der Waals surface area contributed by atoms with Crippen molar-refractivity contribution in [3.63, 3.8) is 0 Å². The zero-order chi connectivity index (χ0) is 17.9. The molecule has 0 saturated heterocycles. The molecule has 134 valence electrons. The number of benzene rings is 2. The van der Waals surface area contributed by atoms with Gasteiger partial charge in [-0.25, -0.2) is 4.39 Å². The van der Waals surface area contributed by atoms with Crippen molar-refractivity contribution in [2.24, 2.45) is 11.1 Å². The Balaban J connectivity index is 1.47. The number of amides is 1. The van der Waals surface area contributed by atoms with E-state index in [0.29, 0.717) is 13.0 Å². The fourth-order valence-electron chi connectivity index (χ4n) is 5.53. The second-order valence-electron chi connectivity index (χ2n) is 8.56. The minimum Gasteiger partial charge on any atom is -0.331 e. The molecule has 0 radical (unpaired) electrons. The van der Waals surface area contributed by atoms with Gasteiger partial charge in [0.2, 0.25) is 5.91 Å². The summed E-state index contributed by atoms with van der Waals surface area (Å²) in [5.74, 6) is -0.0478. The molecular weight excluding hydrogens is 327 g/mol. The molecule has 3 fully saturated rings. The fourth-order valence-corrected chi connectivity index (χ4v) is 5.53. The molecule has 2 aromatic rings. The Morgan fingerprint density at radius 3 is 2.50 bits per heavy atom. The van der Waals surface area contributed by atoms with Crippen molar-refractivity contribution >= 4 is 5.91 Å². The number of hydrogen-bond donors (Lipinski definition) is 1. The Kier molecular flexibility index (Phi) is 3.32. The minimum atomic E-state index is -0.252. The first kappa shape index (κ1) is 16.0. The molecule has 4 heteroatoms. The maximum Gasteiger partial charge on any atom is 0.223 e. The third kappa shape index (κ3) is 2.39. The van der Waals surface area contributed by atoms with E-state index >= 15 is 0 Å². The number of carbonyl (C=O) groups is 1. The number of nitrogens with zero attached hydrogens (tertiary/aromatic N) is 1. The second-order valence-corrected chi connectivity index (χ2v) is 8.56. The first-order valence-corrected chi connectivity index (χ1v) is 9.39. The van der Waals surface area contributed by atoms with Crippen molar-refractivity contribution in [3.05, 3.63) is 71.0 Å². The molecule has 2 aromatic carbocycles. The Morgan fingerprint density at radius 1 is 1.12 bits per heavy atom. The summed E-state index contributed by atoms with van der Waals surface area (Å²) in [5.41, 5.74) is 9.74. The summed E-state index contributed by atoms with van der Waals surface area (Å²) in [6, 6.07) is 14.7. The predicted octanol–water partition coefficient (Wildman–Crippen LogP) is 3.57. The van der Waals surface area contributed by atoms with Crippen LogP contribution in [-0.2, 0) is 11.2 Å². The molecule has 1 aliphatic heterocycles. The Bertz CT molecular complexity index is 856. The van der Waals surface area contributed by atoms with Crippen LogP contribution in [0.2, 0.25) is 0 Å². The summed E-state index contributed by atoms with van der Waals surface area (Å²) in [5, 5.41) is 0. The van der Waals surface area contributed by atoms with Crippen LogP contribution in [0.4, 0.5) is 4.39 Å². The van der Waals surface area contributed by atoms with E-state index in [4.69, 9.17) is 5.73 Å². The molecule has 4 aliphatic rings.